The zero-order valence-electron chi connectivity index (χ0n) is 16.3. The molecule has 4 rings (SSSR count). The summed E-state index contributed by atoms with van der Waals surface area (Å²) in [4.78, 5) is 27.1. The first-order valence-corrected chi connectivity index (χ1v) is 9.73. The standard InChI is InChI=1S/C25H26O2/c1-17(13-18-9-5-4-6-10-18)21-14-19-11-7-8-12-20(19)25(21)22(26)15-24(2,3)16-23(25)27/h4-13,21H,14-16H2,1-3H3/b17-13+. The van der Waals surface area contributed by atoms with Gasteiger partial charge in [-0.3, -0.25) is 9.59 Å². The molecule has 0 aromatic heterocycles. The van der Waals surface area contributed by atoms with Crippen LogP contribution in [0, 0.1) is 11.3 Å². The zero-order valence-corrected chi connectivity index (χ0v) is 16.3. The number of carbonyl (C=O) groups excluding carboxylic acids is 2. The minimum atomic E-state index is -0.999. The van der Waals surface area contributed by atoms with Gasteiger partial charge in [0.1, 0.15) is 5.41 Å². The molecule has 2 aromatic carbocycles. The summed E-state index contributed by atoms with van der Waals surface area (Å²) < 4.78 is 0. The predicted octanol–water partition coefficient (Wildman–Crippen LogP) is 5.16. The van der Waals surface area contributed by atoms with Crippen LogP contribution in [0.25, 0.3) is 6.08 Å². The minimum Gasteiger partial charge on any atom is -0.298 e. The maximum atomic E-state index is 13.5. The fraction of sp³-hybridized carbons (Fsp3) is 0.360. The van der Waals surface area contributed by atoms with Gasteiger partial charge in [-0.25, -0.2) is 0 Å². The van der Waals surface area contributed by atoms with Gasteiger partial charge < -0.3 is 0 Å². The summed E-state index contributed by atoms with van der Waals surface area (Å²) in [6.07, 6.45) is 3.81. The van der Waals surface area contributed by atoms with E-state index in [1.807, 2.05) is 50.2 Å². The molecule has 2 nitrogen and oxygen atoms in total. The van der Waals surface area contributed by atoms with Crippen LogP contribution in [-0.2, 0) is 21.4 Å². The van der Waals surface area contributed by atoms with Crippen LogP contribution in [-0.4, -0.2) is 11.6 Å². The molecule has 138 valence electrons. The molecule has 1 saturated carbocycles. The van der Waals surface area contributed by atoms with Crippen molar-refractivity contribution in [2.75, 3.05) is 0 Å². The smallest absolute Gasteiger partial charge is 0.152 e. The molecule has 27 heavy (non-hydrogen) atoms. The van der Waals surface area contributed by atoms with Gasteiger partial charge in [-0.2, -0.15) is 0 Å². The molecule has 1 spiro atoms. The van der Waals surface area contributed by atoms with E-state index in [-0.39, 0.29) is 22.9 Å². The lowest BCUT2D eigenvalue weighted by Crippen LogP contribution is -2.54. The molecule has 0 saturated heterocycles. The molecular formula is C25H26O2. The van der Waals surface area contributed by atoms with Crippen molar-refractivity contribution < 1.29 is 9.59 Å². The summed E-state index contributed by atoms with van der Waals surface area (Å²) in [6.45, 7) is 6.13. The maximum absolute atomic E-state index is 13.5. The summed E-state index contributed by atoms with van der Waals surface area (Å²) in [6, 6.07) is 18.2. The number of rotatable bonds is 2. The second kappa shape index (κ2) is 6.30. The monoisotopic (exact) mass is 358 g/mol. The van der Waals surface area contributed by atoms with E-state index >= 15 is 0 Å². The lowest BCUT2D eigenvalue weighted by Gasteiger charge is -2.43. The van der Waals surface area contributed by atoms with E-state index < -0.39 is 5.41 Å². The Morgan fingerprint density at radius 2 is 1.52 bits per heavy atom. The second-order valence-corrected chi connectivity index (χ2v) is 8.89. The van der Waals surface area contributed by atoms with E-state index in [0.717, 1.165) is 28.7 Å². The van der Waals surface area contributed by atoms with Gasteiger partial charge in [0.05, 0.1) is 0 Å². The molecule has 2 heteroatoms. The molecule has 2 aliphatic carbocycles. The lowest BCUT2D eigenvalue weighted by molar-refractivity contribution is -0.144. The average Bonchev–Trinajstić information content (AvgIpc) is 2.97. The van der Waals surface area contributed by atoms with Gasteiger partial charge in [0.25, 0.3) is 0 Å². The molecule has 0 bridgehead atoms. The van der Waals surface area contributed by atoms with Gasteiger partial charge in [0, 0.05) is 18.8 Å². The van der Waals surface area contributed by atoms with E-state index in [1.165, 1.54) is 0 Å². The first kappa shape index (κ1) is 17.9. The van der Waals surface area contributed by atoms with Gasteiger partial charge in [-0.15, -0.1) is 0 Å². The van der Waals surface area contributed by atoms with Crippen LogP contribution < -0.4 is 0 Å². The topological polar surface area (TPSA) is 34.1 Å². The van der Waals surface area contributed by atoms with Gasteiger partial charge in [0.2, 0.25) is 0 Å². The third-order valence-electron chi connectivity index (χ3n) is 6.29. The SMILES string of the molecule is C/C(=C\c1ccccc1)C1Cc2ccccc2C12C(=O)CC(C)(C)CC2=O. The van der Waals surface area contributed by atoms with Crippen molar-refractivity contribution in [3.63, 3.8) is 0 Å². The number of carbonyl (C=O) groups is 2. The van der Waals surface area contributed by atoms with Crippen LogP contribution in [0.1, 0.15) is 50.3 Å². The molecule has 1 fully saturated rings. The zero-order chi connectivity index (χ0) is 19.2. The Balaban J connectivity index is 1.86. The van der Waals surface area contributed by atoms with Crippen molar-refractivity contribution in [3.05, 3.63) is 76.9 Å². The Kier molecular flexibility index (Phi) is 4.18. The molecule has 2 aromatic rings. The first-order valence-electron chi connectivity index (χ1n) is 9.73. The molecule has 0 N–H and O–H groups in total. The van der Waals surface area contributed by atoms with E-state index in [9.17, 15) is 9.59 Å². The summed E-state index contributed by atoms with van der Waals surface area (Å²) in [7, 11) is 0. The Bertz CT molecular complexity index is 914. The van der Waals surface area contributed by atoms with Crippen molar-refractivity contribution in [2.24, 2.45) is 11.3 Å². The van der Waals surface area contributed by atoms with Crippen molar-refractivity contribution in [3.8, 4) is 0 Å². The van der Waals surface area contributed by atoms with Gasteiger partial charge >= 0.3 is 0 Å². The van der Waals surface area contributed by atoms with Crippen molar-refractivity contribution in [2.45, 2.75) is 45.4 Å². The fourth-order valence-corrected chi connectivity index (χ4v) is 5.11. The minimum absolute atomic E-state index is 0.0915. The molecule has 0 heterocycles. The van der Waals surface area contributed by atoms with Gasteiger partial charge in [-0.05, 0) is 35.4 Å². The van der Waals surface area contributed by atoms with E-state index in [2.05, 4.69) is 31.2 Å². The molecule has 0 aliphatic heterocycles. The van der Waals surface area contributed by atoms with Crippen LogP contribution in [0.15, 0.2) is 60.2 Å². The van der Waals surface area contributed by atoms with Crippen LogP contribution >= 0.6 is 0 Å². The number of hydrogen-bond donors (Lipinski definition) is 0. The maximum Gasteiger partial charge on any atom is 0.152 e. The summed E-state index contributed by atoms with van der Waals surface area (Å²) in [5, 5.41) is 0. The van der Waals surface area contributed by atoms with Crippen molar-refractivity contribution >= 4 is 17.6 Å². The number of Topliss-reactive ketones (excluding diaryl/α,β-unsaturated/α-hetero) is 2. The van der Waals surface area contributed by atoms with Gasteiger partial charge in [0.15, 0.2) is 11.6 Å². The molecular weight excluding hydrogens is 332 g/mol. The highest BCUT2D eigenvalue weighted by molar-refractivity contribution is 6.16. The van der Waals surface area contributed by atoms with E-state index in [1.54, 1.807) is 0 Å². The number of allylic oxidation sites excluding steroid dienone is 1. The van der Waals surface area contributed by atoms with Crippen LogP contribution in [0.5, 0.6) is 0 Å². The van der Waals surface area contributed by atoms with E-state index in [0.29, 0.717) is 12.8 Å². The number of benzene rings is 2. The molecule has 0 amide bonds. The number of fused-ring (bicyclic) bond motifs is 2. The van der Waals surface area contributed by atoms with Crippen LogP contribution in [0.2, 0.25) is 0 Å². The Morgan fingerprint density at radius 3 is 2.19 bits per heavy atom. The quantitative estimate of drug-likeness (QED) is 0.695. The number of ketones is 2. The average molecular weight is 358 g/mol. The molecule has 2 aliphatic rings. The summed E-state index contributed by atoms with van der Waals surface area (Å²) in [5.74, 6) is 0.102. The number of hydrogen-bond acceptors (Lipinski definition) is 2. The summed E-state index contributed by atoms with van der Waals surface area (Å²) in [5.41, 5.74) is 3.06. The van der Waals surface area contributed by atoms with Crippen molar-refractivity contribution in [1.82, 2.24) is 0 Å². The molecule has 1 unspecified atom stereocenters. The molecule has 0 radical (unpaired) electrons. The first-order chi connectivity index (χ1) is 12.8. The third-order valence-corrected chi connectivity index (χ3v) is 6.29. The fourth-order valence-electron chi connectivity index (χ4n) is 5.11. The highest BCUT2D eigenvalue weighted by atomic mass is 16.2. The van der Waals surface area contributed by atoms with Crippen molar-refractivity contribution in [1.29, 1.82) is 0 Å². The Morgan fingerprint density at radius 1 is 0.926 bits per heavy atom. The highest BCUT2D eigenvalue weighted by Crippen LogP contribution is 2.54. The van der Waals surface area contributed by atoms with Gasteiger partial charge in [-0.1, -0.05) is 80.1 Å². The normalized spacial score (nSPS) is 23.5. The van der Waals surface area contributed by atoms with Crippen LogP contribution in [0.4, 0.5) is 0 Å². The second-order valence-electron chi connectivity index (χ2n) is 8.89. The Hall–Kier alpha value is -2.48. The third kappa shape index (κ3) is 2.79. The predicted molar refractivity (Wildman–Crippen MR) is 108 cm³/mol. The van der Waals surface area contributed by atoms with Crippen LogP contribution in [0.3, 0.4) is 0 Å². The largest absolute Gasteiger partial charge is 0.298 e. The van der Waals surface area contributed by atoms with E-state index in [4.69, 9.17) is 0 Å². The lowest BCUT2D eigenvalue weighted by atomic mass is 9.57. The summed E-state index contributed by atoms with van der Waals surface area (Å²) >= 11 is 0. The highest BCUT2D eigenvalue weighted by Gasteiger charge is 2.60. The molecule has 1 atom stereocenters. The Labute approximate surface area is 161 Å².